The number of hydrogen-bond donors (Lipinski definition) is 1. The van der Waals surface area contributed by atoms with Crippen LogP contribution in [0.4, 0.5) is 13.2 Å². The van der Waals surface area contributed by atoms with Crippen LogP contribution < -0.4 is 0 Å². The lowest BCUT2D eigenvalue weighted by atomic mass is 10.3. The molecule has 0 spiro atoms. The zero-order chi connectivity index (χ0) is 9.07. The number of aliphatic hydroxyl groups excluding tert-OH is 1. The molecule has 7 heteroatoms. The maximum Gasteiger partial charge on any atom is 0.415 e. The van der Waals surface area contributed by atoms with E-state index in [2.05, 4.69) is 0 Å². The van der Waals surface area contributed by atoms with Crippen LogP contribution in [0.5, 0.6) is 0 Å². The predicted octanol–water partition coefficient (Wildman–Crippen LogP) is 0.304. The van der Waals surface area contributed by atoms with Gasteiger partial charge in [0, 0.05) is 0 Å². The molecule has 0 aromatic rings. The summed E-state index contributed by atoms with van der Waals surface area (Å²) >= 11 is -2.93. The van der Waals surface area contributed by atoms with Crippen molar-refractivity contribution in [2.24, 2.45) is 0 Å². The van der Waals surface area contributed by atoms with Gasteiger partial charge in [0.05, 0.1) is 12.2 Å². The molecule has 66 valence electrons. The highest BCUT2D eigenvalue weighted by Crippen LogP contribution is 2.24. The number of hydrogen-bond acceptors (Lipinski definition) is 3. The van der Waals surface area contributed by atoms with Crippen LogP contribution in [0.3, 0.4) is 0 Å². The van der Waals surface area contributed by atoms with Crippen molar-refractivity contribution >= 4 is 11.1 Å². The third-order valence-electron chi connectivity index (χ3n) is 0.773. The van der Waals surface area contributed by atoms with E-state index in [0.717, 1.165) is 0 Å². The molecule has 1 unspecified atom stereocenters. The van der Waals surface area contributed by atoms with E-state index in [1.165, 1.54) is 0 Å². The Morgan fingerprint density at radius 1 is 1.64 bits per heavy atom. The molecule has 0 saturated heterocycles. The lowest BCUT2D eigenvalue weighted by molar-refractivity contribution is -0.0973. The molecule has 1 N–H and O–H groups in total. The Morgan fingerprint density at radius 2 is 2.09 bits per heavy atom. The quantitative estimate of drug-likeness (QED) is 0.635. The fourth-order valence-corrected chi connectivity index (χ4v) is 0.750. The Hall–Kier alpha value is -0.400. The SMILES string of the molecule is O=S([O-])/C=C(\CO)C(F)(F)F. The van der Waals surface area contributed by atoms with Crippen molar-refractivity contribution in [3.8, 4) is 0 Å². The minimum atomic E-state index is -4.78. The standard InChI is InChI=1S/C4H5F3O3S/c5-4(6,7)3(1-8)2-11(9)10/h2,8H,1H2,(H,9,10)/p-1/b3-2+. The van der Waals surface area contributed by atoms with E-state index in [-0.39, 0.29) is 5.41 Å². The van der Waals surface area contributed by atoms with E-state index < -0.39 is 29.4 Å². The summed E-state index contributed by atoms with van der Waals surface area (Å²) in [5, 5.41) is 7.98. The largest absolute Gasteiger partial charge is 0.769 e. The smallest absolute Gasteiger partial charge is 0.415 e. The maximum absolute atomic E-state index is 11.6. The normalized spacial score (nSPS) is 16.6. The zero-order valence-corrected chi connectivity index (χ0v) is 5.91. The Labute approximate surface area is 62.8 Å². The van der Waals surface area contributed by atoms with Gasteiger partial charge < -0.3 is 9.66 Å². The minimum absolute atomic E-state index is 0.0694. The van der Waals surface area contributed by atoms with Gasteiger partial charge in [0.15, 0.2) is 0 Å². The van der Waals surface area contributed by atoms with Crippen LogP contribution in [0.25, 0.3) is 0 Å². The van der Waals surface area contributed by atoms with Gasteiger partial charge in [-0.25, -0.2) is 0 Å². The van der Waals surface area contributed by atoms with Crippen molar-refractivity contribution in [2.75, 3.05) is 6.61 Å². The molecule has 0 fully saturated rings. The van der Waals surface area contributed by atoms with Crippen molar-refractivity contribution < 1.29 is 27.0 Å². The number of aliphatic hydroxyl groups is 1. The monoisotopic (exact) mass is 189 g/mol. The fourth-order valence-electron chi connectivity index (χ4n) is 0.310. The number of rotatable bonds is 2. The highest BCUT2D eigenvalue weighted by Gasteiger charge is 2.32. The van der Waals surface area contributed by atoms with Crippen LogP contribution in [0, 0.1) is 0 Å². The number of alkyl halides is 3. The van der Waals surface area contributed by atoms with Crippen molar-refractivity contribution in [1.82, 2.24) is 0 Å². The topological polar surface area (TPSA) is 60.4 Å². The molecule has 0 rings (SSSR count). The average molecular weight is 189 g/mol. The van der Waals surface area contributed by atoms with Crippen LogP contribution in [-0.4, -0.2) is 26.7 Å². The van der Waals surface area contributed by atoms with E-state index in [0.29, 0.717) is 0 Å². The molecule has 0 saturated carbocycles. The van der Waals surface area contributed by atoms with Gasteiger partial charge in [0.25, 0.3) is 0 Å². The van der Waals surface area contributed by atoms with Crippen LogP contribution in [-0.2, 0) is 11.1 Å². The van der Waals surface area contributed by atoms with E-state index in [1.54, 1.807) is 0 Å². The van der Waals surface area contributed by atoms with Crippen LogP contribution >= 0.6 is 0 Å². The van der Waals surface area contributed by atoms with Crippen molar-refractivity contribution in [3.63, 3.8) is 0 Å². The molecule has 0 aromatic carbocycles. The molecule has 0 aliphatic rings. The van der Waals surface area contributed by atoms with Crippen molar-refractivity contribution in [3.05, 3.63) is 11.0 Å². The van der Waals surface area contributed by atoms with Crippen LogP contribution in [0.15, 0.2) is 11.0 Å². The van der Waals surface area contributed by atoms with Gasteiger partial charge >= 0.3 is 6.18 Å². The molecule has 11 heavy (non-hydrogen) atoms. The van der Waals surface area contributed by atoms with Crippen molar-refractivity contribution in [2.45, 2.75) is 6.18 Å². The maximum atomic E-state index is 11.6. The summed E-state index contributed by atoms with van der Waals surface area (Å²) in [7, 11) is 0. The van der Waals surface area contributed by atoms with E-state index in [4.69, 9.17) is 5.11 Å². The van der Waals surface area contributed by atoms with E-state index in [1.807, 2.05) is 0 Å². The second kappa shape index (κ2) is 3.84. The molecule has 3 nitrogen and oxygen atoms in total. The van der Waals surface area contributed by atoms with Gasteiger partial charge in [-0.3, -0.25) is 4.21 Å². The molecule has 0 heterocycles. The van der Waals surface area contributed by atoms with Gasteiger partial charge in [0.2, 0.25) is 0 Å². The Morgan fingerprint density at radius 3 is 2.18 bits per heavy atom. The zero-order valence-electron chi connectivity index (χ0n) is 5.09. The van der Waals surface area contributed by atoms with Gasteiger partial charge in [-0.15, -0.1) is 0 Å². The third kappa shape index (κ3) is 4.12. The van der Waals surface area contributed by atoms with Crippen molar-refractivity contribution in [1.29, 1.82) is 0 Å². The predicted molar refractivity (Wildman–Crippen MR) is 30.1 cm³/mol. The molecule has 0 aliphatic carbocycles. The summed E-state index contributed by atoms with van der Waals surface area (Å²) in [6.45, 7) is -1.34. The Balaban J connectivity index is 4.54. The second-order valence-electron chi connectivity index (χ2n) is 1.56. The molecule has 0 aliphatic heterocycles. The molecule has 0 amide bonds. The lowest BCUT2D eigenvalue weighted by Gasteiger charge is -2.09. The van der Waals surface area contributed by atoms with Gasteiger partial charge in [-0.05, 0) is 16.5 Å². The first kappa shape index (κ1) is 10.6. The summed E-state index contributed by atoms with van der Waals surface area (Å²) in [5.74, 6) is 0. The molecular formula is C4H4F3O3S-. The van der Waals surface area contributed by atoms with Gasteiger partial charge in [0.1, 0.15) is 0 Å². The molecular weight excluding hydrogens is 185 g/mol. The highest BCUT2D eigenvalue weighted by molar-refractivity contribution is 7.82. The molecule has 0 radical (unpaired) electrons. The molecule has 0 bridgehead atoms. The first-order valence-corrected chi connectivity index (χ1v) is 3.48. The van der Waals surface area contributed by atoms with E-state index >= 15 is 0 Å². The first-order chi connectivity index (χ1) is 4.88. The molecule has 0 aromatic heterocycles. The minimum Gasteiger partial charge on any atom is -0.769 e. The summed E-state index contributed by atoms with van der Waals surface area (Å²) < 4.78 is 54.2. The third-order valence-corrected chi connectivity index (χ3v) is 1.25. The van der Waals surface area contributed by atoms with Gasteiger partial charge in [-0.1, -0.05) is 0 Å². The Kier molecular flexibility index (Phi) is 3.70. The Bertz CT molecular complexity index is 186. The molecule has 1 atom stereocenters. The average Bonchev–Trinajstić information content (AvgIpc) is 1.79. The second-order valence-corrected chi connectivity index (χ2v) is 2.32. The van der Waals surface area contributed by atoms with Crippen LogP contribution in [0.1, 0.15) is 0 Å². The first-order valence-electron chi connectivity index (χ1n) is 2.34. The highest BCUT2D eigenvalue weighted by atomic mass is 32.2. The summed E-state index contributed by atoms with van der Waals surface area (Å²) in [6, 6.07) is 0. The summed E-state index contributed by atoms with van der Waals surface area (Å²) in [5.41, 5.74) is -1.48. The summed E-state index contributed by atoms with van der Waals surface area (Å²) in [4.78, 5) is 0. The van der Waals surface area contributed by atoms with E-state index in [9.17, 15) is 21.9 Å². The van der Waals surface area contributed by atoms with Crippen LogP contribution in [0.2, 0.25) is 0 Å². The number of halogens is 3. The fraction of sp³-hybridized carbons (Fsp3) is 0.500. The lowest BCUT2D eigenvalue weighted by Crippen LogP contribution is -2.15. The van der Waals surface area contributed by atoms with Gasteiger partial charge in [-0.2, -0.15) is 13.2 Å². The summed E-state index contributed by atoms with van der Waals surface area (Å²) in [6.07, 6.45) is -4.78.